The Balaban J connectivity index is 2.23. The van der Waals surface area contributed by atoms with Crippen LogP contribution in [0.1, 0.15) is 36.7 Å². The van der Waals surface area contributed by atoms with Crippen LogP contribution >= 0.6 is 0 Å². The highest BCUT2D eigenvalue weighted by atomic mass is 16.5. The summed E-state index contributed by atoms with van der Waals surface area (Å²) in [4.78, 5) is 0. The molecule has 1 atom stereocenters. The van der Waals surface area contributed by atoms with Gasteiger partial charge in [0.2, 0.25) is 0 Å². The van der Waals surface area contributed by atoms with E-state index in [-0.39, 0.29) is 0 Å². The van der Waals surface area contributed by atoms with Crippen molar-refractivity contribution in [1.82, 2.24) is 9.88 Å². The second kappa shape index (κ2) is 6.96. The molecule has 1 N–H and O–H groups in total. The molecule has 0 aliphatic heterocycles. The summed E-state index contributed by atoms with van der Waals surface area (Å²) in [7, 11) is 1.58. The van der Waals surface area contributed by atoms with Gasteiger partial charge < -0.3 is 14.6 Å². The molecule has 0 bridgehead atoms. The molecule has 4 nitrogen and oxygen atoms in total. The summed E-state index contributed by atoms with van der Waals surface area (Å²) >= 11 is 0. The number of methoxy groups -OCH3 is 1. The molecule has 0 radical (unpaired) electrons. The van der Waals surface area contributed by atoms with E-state index in [1.54, 1.807) is 7.11 Å². The number of hydrogen-bond donors (Lipinski definition) is 1. The number of ether oxygens (including phenoxy) is 1. The number of aromatic nitrogens is 1. The van der Waals surface area contributed by atoms with Gasteiger partial charge in [-0.3, -0.25) is 0 Å². The number of nitrogens with one attached hydrogen (secondary N) is 1. The molecule has 0 saturated heterocycles. The molecular weight excluding hydrogens is 262 g/mol. The number of nitrogens with zero attached hydrogens (tertiary/aromatic N) is 2. The van der Waals surface area contributed by atoms with Crippen LogP contribution in [0.15, 0.2) is 36.5 Å². The van der Waals surface area contributed by atoms with Gasteiger partial charge in [0.05, 0.1) is 12.7 Å². The predicted octanol–water partition coefficient (Wildman–Crippen LogP) is 3.09. The molecule has 1 aromatic heterocycles. The summed E-state index contributed by atoms with van der Waals surface area (Å²) in [6.45, 7) is 5.95. The van der Waals surface area contributed by atoms with Crippen molar-refractivity contribution in [3.63, 3.8) is 0 Å². The standard InChI is InChI=1S/C17H21N3O/c1-4-19-13(2)16-6-5-9-20(16)12-14-7-8-17(21-3)15(10-14)11-18/h5-10,13,19H,4,12H2,1-3H3. The first-order valence-electron chi connectivity index (χ1n) is 7.15. The molecule has 1 aromatic carbocycles. The van der Waals surface area contributed by atoms with Gasteiger partial charge in [0.25, 0.3) is 0 Å². The molecule has 1 unspecified atom stereocenters. The fourth-order valence-electron chi connectivity index (χ4n) is 2.51. The molecule has 4 heteroatoms. The van der Waals surface area contributed by atoms with E-state index < -0.39 is 0 Å². The summed E-state index contributed by atoms with van der Waals surface area (Å²) in [6, 6.07) is 12.4. The number of nitriles is 1. The van der Waals surface area contributed by atoms with Gasteiger partial charge in [-0.2, -0.15) is 5.26 Å². The van der Waals surface area contributed by atoms with E-state index in [4.69, 9.17) is 10.00 Å². The molecular formula is C17H21N3O. The first kappa shape index (κ1) is 15.1. The normalized spacial score (nSPS) is 11.9. The van der Waals surface area contributed by atoms with Crippen molar-refractivity contribution in [2.75, 3.05) is 13.7 Å². The SMILES string of the molecule is CCNC(C)c1cccn1Cc1ccc(OC)c(C#N)c1. The highest BCUT2D eigenvalue weighted by Crippen LogP contribution is 2.21. The second-order valence-corrected chi connectivity index (χ2v) is 4.99. The van der Waals surface area contributed by atoms with Gasteiger partial charge in [0, 0.05) is 24.5 Å². The second-order valence-electron chi connectivity index (χ2n) is 4.99. The van der Waals surface area contributed by atoms with E-state index in [1.165, 1.54) is 5.69 Å². The maximum Gasteiger partial charge on any atom is 0.136 e. The third kappa shape index (κ3) is 3.45. The van der Waals surface area contributed by atoms with Crippen molar-refractivity contribution in [3.8, 4) is 11.8 Å². The minimum absolute atomic E-state index is 0.304. The van der Waals surface area contributed by atoms with E-state index >= 15 is 0 Å². The number of hydrogen-bond acceptors (Lipinski definition) is 3. The zero-order valence-electron chi connectivity index (χ0n) is 12.8. The third-order valence-electron chi connectivity index (χ3n) is 3.56. The van der Waals surface area contributed by atoms with Gasteiger partial charge in [0.1, 0.15) is 11.8 Å². The molecule has 0 saturated carbocycles. The lowest BCUT2D eigenvalue weighted by Crippen LogP contribution is -2.20. The van der Waals surface area contributed by atoms with Crippen LogP contribution in [-0.4, -0.2) is 18.2 Å². The zero-order valence-corrected chi connectivity index (χ0v) is 12.8. The topological polar surface area (TPSA) is 50.0 Å². The zero-order chi connectivity index (χ0) is 15.2. The number of benzene rings is 1. The van der Waals surface area contributed by atoms with Gasteiger partial charge in [-0.15, -0.1) is 0 Å². The van der Waals surface area contributed by atoms with E-state index in [2.05, 4.69) is 48.1 Å². The Morgan fingerprint density at radius 2 is 2.19 bits per heavy atom. The van der Waals surface area contributed by atoms with Gasteiger partial charge >= 0.3 is 0 Å². The Morgan fingerprint density at radius 1 is 1.38 bits per heavy atom. The highest BCUT2D eigenvalue weighted by molar-refractivity contribution is 5.45. The van der Waals surface area contributed by atoms with E-state index in [9.17, 15) is 0 Å². The lowest BCUT2D eigenvalue weighted by atomic mass is 10.1. The predicted molar refractivity (Wildman–Crippen MR) is 83.3 cm³/mol. The summed E-state index contributed by atoms with van der Waals surface area (Å²) in [5.41, 5.74) is 2.91. The summed E-state index contributed by atoms with van der Waals surface area (Å²) in [5.74, 6) is 0.620. The van der Waals surface area contributed by atoms with Crippen molar-refractivity contribution in [1.29, 1.82) is 5.26 Å². The largest absolute Gasteiger partial charge is 0.495 e. The van der Waals surface area contributed by atoms with Crippen LogP contribution in [0, 0.1) is 11.3 Å². The quantitative estimate of drug-likeness (QED) is 0.886. The minimum Gasteiger partial charge on any atom is -0.495 e. The molecule has 0 aliphatic rings. The third-order valence-corrected chi connectivity index (χ3v) is 3.56. The van der Waals surface area contributed by atoms with Crippen LogP contribution in [0.2, 0.25) is 0 Å². The van der Waals surface area contributed by atoms with Crippen LogP contribution in [0.3, 0.4) is 0 Å². The van der Waals surface area contributed by atoms with Gasteiger partial charge in [-0.05, 0) is 43.3 Å². The molecule has 21 heavy (non-hydrogen) atoms. The summed E-state index contributed by atoms with van der Waals surface area (Å²) in [5, 5.41) is 12.6. The van der Waals surface area contributed by atoms with Crippen molar-refractivity contribution in [2.24, 2.45) is 0 Å². The lowest BCUT2D eigenvalue weighted by Gasteiger charge is -2.16. The Bertz CT molecular complexity index is 640. The first-order valence-corrected chi connectivity index (χ1v) is 7.15. The molecule has 0 fully saturated rings. The van der Waals surface area contributed by atoms with Crippen LogP contribution in [-0.2, 0) is 6.54 Å². The minimum atomic E-state index is 0.304. The van der Waals surface area contributed by atoms with Crippen molar-refractivity contribution >= 4 is 0 Å². The molecule has 0 amide bonds. The lowest BCUT2D eigenvalue weighted by molar-refractivity contribution is 0.413. The van der Waals surface area contributed by atoms with Crippen molar-refractivity contribution in [2.45, 2.75) is 26.4 Å². The molecule has 0 aliphatic carbocycles. The Morgan fingerprint density at radius 3 is 2.86 bits per heavy atom. The molecule has 2 aromatic rings. The first-order chi connectivity index (χ1) is 10.2. The maximum absolute atomic E-state index is 9.17. The Labute approximate surface area is 126 Å². The van der Waals surface area contributed by atoms with Gasteiger partial charge in [-0.1, -0.05) is 13.0 Å². The molecule has 0 spiro atoms. The molecule has 1 heterocycles. The van der Waals surface area contributed by atoms with E-state index in [0.29, 0.717) is 17.4 Å². The van der Waals surface area contributed by atoms with Crippen LogP contribution in [0.4, 0.5) is 0 Å². The van der Waals surface area contributed by atoms with Crippen molar-refractivity contribution in [3.05, 3.63) is 53.3 Å². The molecule has 110 valence electrons. The fourth-order valence-corrected chi connectivity index (χ4v) is 2.51. The maximum atomic E-state index is 9.17. The monoisotopic (exact) mass is 283 g/mol. The smallest absolute Gasteiger partial charge is 0.136 e. The van der Waals surface area contributed by atoms with Gasteiger partial charge in [-0.25, -0.2) is 0 Å². The highest BCUT2D eigenvalue weighted by Gasteiger charge is 2.10. The van der Waals surface area contributed by atoms with Crippen LogP contribution in [0.5, 0.6) is 5.75 Å². The van der Waals surface area contributed by atoms with Gasteiger partial charge in [0.15, 0.2) is 0 Å². The van der Waals surface area contributed by atoms with E-state index in [0.717, 1.165) is 18.7 Å². The Kier molecular flexibility index (Phi) is 5.02. The number of rotatable bonds is 6. The van der Waals surface area contributed by atoms with Crippen molar-refractivity contribution < 1.29 is 4.74 Å². The Hall–Kier alpha value is -2.25. The summed E-state index contributed by atoms with van der Waals surface area (Å²) in [6.07, 6.45) is 2.07. The average Bonchev–Trinajstić information content (AvgIpc) is 2.95. The fraction of sp³-hybridized carbons (Fsp3) is 0.353. The van der Waals surface area contributed by atoms with Crippen LogP contribution < -0.4 is 10.1 Å². The molecule has 2 rings (SSSR count). The van der Waals surface area contributed by atoms with Crippen LogP contribution in [0.25, 0.3) is 0 Å². The van der Waals surface area contributed by atoms with E-state index in [1.807, 2.05) is 18.2 Å². The average molecular weight is 283 g/mol. The summed E-state index contributed by atoms with van der Waals surface area (Å²) < 4.78 is 7.39.